The van der Waals surface area contributed by atoms with Crippen LogP contribution in [0.3, 0.4) is 0 Å². The summed E-state index contributed by atoms with van der Waals surface area (Å²) < 4.78 is 14.1. The largest absolute Gasteiger partial charge is 0.368 e. The fraction of sp³-hybridized carbons (Fsp3) is 0.625. The van der Waals surface area contributed by atoms with Crippen LogP contribution in [0.2, 0.25) is 0 Å². The average molecular weight is 264 g/mol. The number of nitrogens with two attached hydrogens (primary N) is 1. The summed E-state index contributed by atoms with van der Waals surface area (Å²) in [5, 5.41) is 0. The molecule has 2 nitrogen and oxygen atoms in total. The number of halogens is 1. The van der Waals surface area contributed by atoms with Gasteiger partial charge in [0.2, 0.25) is 0 Å². The molecule has 1 aliphatic rings. The van der Waals surface area contributed by atoms with E-state index in [9.17, 15) is 4.39 Å². The van der Waals surface area contributed by atoms with E-state index in [2.05, 4.69) is 18.7 Å². The van der Waals surface area contributed by atoms with Crippen LogP contribution < -0.4 is 10.6 Å². The Kier molecular flexibility index (Phi) is 4.46. The Hall–Kier alpha value is -1.09. The first kappa shape index (κ1) is 14.3. The lowest BCUT2D eigenvalue weighted by molar-refractivity contribution is 0.389. The Morgan fingerprint density at radius 3 is 2.79 bits per heavy atom. The Bertz CT molecular complexity index is 431. The summed E-state index contributed by atoms with van der Waals surface area (Å²) in [5.74, 6) is 0.544. The summed E-state index contributed by atoms with van der Waals surface area (Å²) in [6, 6.07) is 5.84. The van der Waals surface area contributed by atoms with E-state index >= 15 is 0 Å². The van der Waals surface area contributed by atoms with Crippen molar-refractivity contribution in [1.29, 1.82) is 0 Å². The summed E-state index contributed by atoms with van der Waals surface area (Å²) >= 11 is 0. The molecule has 3 unspecified atom stereocenters. The minimum absolute atomic E-state index is 0.0202. The van der Waals surface area contributed by atoms with Gasteiger partial charge in [-0.25, -0.2) is 4.39 Å². The third kappa shape index (κ3) is 3.27. The number of anilines is 1. The Morgan fingerprint density at radius 2 is 2.11 bits per heavy atom. The molecule has 0 saturated carbocycles. The lowest BCUT2D eigenvalue weighted by atomic mass is 9.93. The van der Waals surface area contributed by atoms with Gasteiger partial charge in [0, 0.05) is 29.9 Å². The molecule has 1 heterocycles. The zero-order chi connectivity index (χ0) is 14.0. The van der Waals surface area contributed by atoms with Crippen molar-refractivity contribution in [2.75, 3.05) is 11.4 Å². The first-order chi connectivity index (χ1) is 8.99. The van der Waals surface area contributed by atoms with Crippen LogP contribution >= 0.6 is 0 Å². The molecule has 1 saturated heterocycles. The number of hydrogen-bond donors (Lipinski definition) is 1. The van der Waals surface area contributed by atoms with E-state index in [1.165, 1.54) is 12.8 Å². The van der Waals surface area contributed by atoms with Crippen molar-refractivity contribution < 1.29 is 4.39 Å². The second-order valence-corrected chi connectivity index (χ2v) is 6.10. The van der Waals surface area contributed by atoms with Gasteiger partial charge >= 0.3 is 0 Å². The third-order valence-electron chi connectivity index (χ3n) is 4.05. The van der Waals surface area contributed by atoms with Crippen LogP contribution in [0.1, 0.15) is 39.2 Å². The molecule has 2 rings (SSSR count). The van der Waals surface area contributed by atoms with Crippen LogP contribution in [-0.4, -0.2) is 18.6 Å². The molecule has 1 aromatic carbocycles. The van der Waals surface area contributed by atoms with Crippen molar-refractivity contribution in [3.63, 3.8) is 0 Å². The molecule has 106 valence electrons. The van der Waals surface area contributed by atoms with Gasteiger partial charge in [0.15, 0.2) is 0 Å². The lowest BCUT2D eigenvalue weighted by Gasteiger charge is -2.39. The summed E-state index contributed by atoms with van der Waals surface area (Å²) in [6.07, 6.45) is 3.03. The van der Waals surface area contributed by atoms with Crippen LogP contribution in [0.4, 0.5) is 10.1 Å². The van der Waals surface area contributed by atoms with Gasteiger partial charge in [-0.2, -0.15) is 0 Å². The average Bonchev–Trinajstić information content (AvgIpc) is 2.34. The number of nitrogens with zero attached hydrogens (tertiary/aromatic N) is 1. The Morgan fingerprint density at radius 1 is 1.37 bits per heavy atom. The maximum atomic E-state index is 14.1. The van der Waals surface area contributed by atoms with E-state index in [0.29, 0.717) is 18.4 Å². The van der Waals surface area contributed by atoms with Gasteiger partial charge < -0.3 is 10.6 Å². The molecular formula is C16H25FN2. The molecule has 1 aromatic rings. The summed E-state index contributed by atoms with van der Waals surface area (Å²) in [4.78, 5) is 2.36. The van der Waals surface area contributed by atoms with Crippen LogP contribution in [0.5, 0.6) is 0 Å². The van der Waals surface area contributed by atoms with Gasteiger partial charge in [-0.3, -0.25) is 0 Å². The monoisotopic (exact) mass is 264 g/mol. The standard InChI is InChI=1S/C16H25FN2/c1-11-7-8-13(3)19(10-11)16-6-4-5-15(17)14(16)9-12(2)18/h4-6,11-13H,7-10,18H2,1-3H3. The lowest BCUT2D eigenvalue weighted by Crippen LogP contribution is -2.42. The number of piperidine rings is 1. The fourth-order valence-corrected chi connectivity index (χ4v) is 2.96. The number of hydrogen-bond acceptors (Lipinski definition) is 2. The highest BCUT2D eigenvalue weighted by Gasteiger charge is 2.25. The van der Waals surface area contributed by atoms with Crippen molar-refractivity contribution in [1.82, 2.24) is 0 Å². The van der Waals surface area contributed by atoms with E-state index in [0.717, 1.165) is 17.8 Å². The molecule has 2 N–H and O–H groups in total. The molecule has 19 heavy (non-hydrogen) atoms. The van der Waals surface area contributed by atoms with Crippen LogP contribution in [0, 0.1) is 11.7 Å². The van der Waals surface area contributed by atoms with Gasteiger partial charge in [-0.05, 0) is 51.2 Å². The SMILES string of the molecule is CC(N)Cc1c(F)cccc1N1CC(C)CCC1C. The molecule has 3 heteroatoms. The molecular weight excluding hydrogens is 239 g/mol. The smallest absolute Gasteiger partial charge is 0.128 e. The van der Waals surface area contributed by atoms with E-state index in [-0.39, 0.29) is 11.9 Å². The molecule has 3 atom stereocenters. The van der Waals surface area contributed by atoms with Gasteiger partial charge in [-0.1, -0.05) is 13.0 Å². The number of benzene rings is 1. The van der Waals surface area contributed by atoms with E-state index in [1.54, 1.807) is 12.1 Å². The highest BCUT2D eigenvalue weighted by molar-refractivity contribution is 5.55. The molecule has 0 aliphatic carbocycles. The fourth-order valence-electron chi connectivity index (χ4n) is 2.96. The van der Waals surface area contributed by atoms with E-state index in [1.807, 2.05) is 13.0 Å². The summed E-state index contributed by atoms with van der Waals surface area (Å²) in [7, 11) is 0. The Balaban J connectivity index is 2.34. The topological polar surface area (TPSA) is 29.3 Å². The van der Waals surface area contributed by atoms with Crippen molar-refractivity contribution >= 4 is 5.69 Å². The van der Waals surface area contributed by atoms with Crippen LogP contribution in [0.25, 0.3) is 0 Å². The van der Waals surface area contributed by atoms with Crippen LogP contribution in [-0.2, 0) is 6.42 Å². The third-order valence-corrected chi connectivity index (χ3v) is 4.05. The minimum atomic E-state index is -0.125. The predicted octanol–water partition coefficient (Wildman–Crippen LogP) is 3.34. The van der Waals surface area contributed by atoms with Gasteiger partial charge in [-0.15, -0.1) is 0 Å². The first-order valence-electron chi connectivity index (χ1n) is 7.28. The first-order valence-corrected chi connectivity index (χ1v) is 7.28. The van der Waals surface area contributed by atoms with Crippen molar-refractivity contribution in [3.8, 4) is 0 Å². The second kappa shape index (κ2) is 5.91. The quantitative estimate of drug-likeness (QED) is 0.907. The molecule has 0 aromatic heterocycles. The van der Waals surface area contributed by atoms with E-state index in [4.69, 9.17) is 5.73 Å². The molecule has 0 amide bonds. The zero-order valence-electron chi connectivity index (χ0n) is 12.2. The summed E-state index contributed by atoms with van der Waals surface area (Å²) in [6.45, 7) is 7.44. The molecule has 0 bridgehead atoms. The van der Waals surface area contributed by atoms with Gasteiger partial charge in [0.05, 0.1) is 0 Å². The second-order valence-electron chi connectivity index (χ2n) is 6.10. The summed E-state index contributed by atoms with van der Waals surface area (Å²) in [5.41, 5.74) is 7.68. The maximum Gasteiger partial charge on any atom is 0.128 e. The minimum Gasteiger partial charge on any atom is -0.368 e. The van der Waals surface area contributed by atoms with Gasteiger partial charge in [0.1, 0.15) is 5.82 Å². The molecule has 1 fully saturated rings. The predicted molar refractivity (Wildman–Crippen MR) is 79.0 cm³/mol. The Labute approximate surface area is 115 Å². The maximum absolute atomic E-state index is 14.1. The highest BCUT2D eigenvalue weighted by atomic mass is 19.1. The van der Waals surface area contributed by atoms with Crippen molar-refractivity contribution in [3.05, 3.63) is 29.6 Å². The van der Waals surface area contributed by atoms with E-state index < -0.39 is 0 Å². The highest BCUT2D eigenvalue weighted by Crippen LogP contribution is 2.31. The normalized spacial score (nSPS) is 25.4. The molecule has 1 aliphatic heterocycles. The zero-order valence-corrected chi connectivity index (χ0v) is 12.2. The number of rotatable bonds is 3. The van der Waals surface area contributed by atoms with Crippen molar-refractivity contribution in [2.45, 2.75) is 52.1 Å². The van der Waals surface area contributed by atoms with Gasteiger partial charge in [0.25, 0.3) is 0 Å². The molecule has 0 spiro atoms. The molecule has 0 radical (unpaired) electrons. The van der Waals surface area contributed by atoms with Crippen molar-refractivity contribution in [2.24, 2.45) is 11.7 Å². The van der Waals surface area contributed by atoms with Crippen LogP contribution in [0.15, 0.2) is 18.2 Å².